The largest absolute Gasteiger partial charge is 0.381 e. The van der Waals surface area contributed by atoms with Crippen LogP contribution in [0.15, 0.2) is 12.3 Å². The average Bonchev–Trinajstić information content (AvgIpc) is 3.37. The molecule has 7 heteroatoms. The van der Waals surface area contributed by atoms with Gasteiger partial charge in [0.15, 0.2) is 5.65 Å². The van der Waals surface area contributed by atoms with Crippen LogP contribution in [0.3, 0.4) is 0 Å². The molecule has 2 aromatic heterocycles. The second-order valence-electron chi connectivity index (χ2n) is 9.04. The summed E-state index contributed by atoms with van der Waals surface area (Å²) in [6.07, 6.45) is 6.52. The predicted octanol–water partition coefficient (Wildman–Crippen LogP) is 2.85. The van der Waals surface area contributed by atoms with E-state index in [9.17, 15) is 0 Å². The highest BCUT2D eigenvalue weighted by molar-refractivity contribution is 5.61. The van der Waals surface area contributed by atoms with Gasteiger partial charge in [0.2, 0.25) is 0 Å². The summed E-state index contributed by atoms with van der Waals surface area (Å²) in [7, 11) is 0. The number of fused-ring (bicyclic) bond motifs is 2. The molecule has 152 valence electrons. The van der Waals surface area contributed by atoms with Crippen molar-refractivity contribution in [3.05, 3.63) is 17.8 Å². The Bertz CT molecular complexity index is 816. The van der Waals surface area contributed by atoms with Gasteiger partial charge in [-0.3, -0.25) is 0 Å². The molecule has 0 spiro atoms. The van der Waals surface area contributed by atoms with E-state index in [4.69, 9.17) is 9.72 Å². The van der Waals surface area contributed by atoms with Gasteiger partial charge in [0.25, 0.3) is 0 Å². The van der Waals surface area contributed by atoms with E-state index in [-0.39, 0.29) is 0 Å². The SMILES string of the molecule is CC(C)c1cnn2c(NC3CC4CNCC4C3)cc(NC3CCOCC3)nc12. The second-order valence-corrected chi connectivity index (χ2v) is 9.04. The van der Waals surface area contributed by atoms with Gasteiger partial charge in [-0.25, -0.2) is 4.98 Å². The lowest BCUT2D eigenvalue weighted by Gasteiger charge is -2.24. The highest BCUT2D eigenvalue weighted by Gasteiger charge is 2.37. The standard InChI is InChI=1S/C21H32N6O/c1-13(2)18-12-23-27-20(25-17-7-14-10-22-11-15(14)8-17)9-19(26-21(18)27)24-16-3-5-28-6-4-16/h9,12-17,22,25H,3-8,10-11H2,1-2H3,(H,24,26). The Labute approximate surface area is 166 Å². The first kappa shape index (κ1) is 18.2. The van der Waals surface area contributed by atoms with Crippen molar-refractivity contribution in [2.75, 3.05) is 36.9 Å². The van der Waals surface area contributed by atoms with E-state index >= 15 is 0 Å². The molecule has 2 aromatic rings. The van der Waals surface area contributed by atoms with E-state index < -0.39 is 0 Å². The third-order valence-corrected chi connectivity index (χ3v) is 6.70. The van der Waals surface area contributed by atoms with Crippen LogP contribution >= 0.6 is 0 Å². The van der Waals surface area contributed by atoms with Crippen LogP contribution < -0.4 is 16.0 Å². The summed E-state index contributed by atoms with van der Waals surface area (Å²) < 4.78 is 7.50. The lowest BCUT2D eigenvalue weighted by atomic mass is 10.0. The van der Waals surface area contributed by atoms with Crippen molar-refractivity contribution in [2.24, 2.45) is 11.8 Å². The van der Waals surface area contributed by atoms with Crippen LogP contribution in [0.1, 0.15) is 51.0 Å². The lowest BCUT2D eigenvalue weighted by Crippen LogP contribution is -2.28. The fraction of sp³-hybridized carbons (Fsp3) is 0.714. The first-order chi connectivity index (χ1) is 13.7. The molecule has 28 heavy (non-hydrogen) atoms. The minimum absolute atomic E-state index is 0.396. The first-order valence-electron chi connectivity index (χ1n) is 10.9. The highest BCUT2D eigenvalue weighted by atomic mass is 16.5. The molecule has 2 saturated heterocycles. The van der Waals surface area contributed by atoms with E-state index in [0.717, 1.165) is 55.2 Å². The molecule has 3 fully saturated rings. The maximum Gasteiger partial charge on any atom is 0.163 e. The molecule has 2 unspecified atom stereocenters. The zero-order valence-electron chi connectivity index (χ0n) is 16.9. The molecule has 2 aliphatic heterocycles. The van der Waals surface area contributed by atoms with Crippen LogP contribution in [-0.4, -0.2) is 53.0 Å². The van der Waals surface area contributed by atoms with Crippen LogP contribution in [-0.2, 0) is 4.74 Å². The molecule has 0 bridgehead atoms. The molecule has 2 atom stereocenters. The average molecular weight is 385 g/mol. The van der Waals surface area contributed by atoms with Crippen LogP contribution in [0.4, 0.5) is 11.6 Å². The van der Waals surface area contributed by atoms with Crippen molar-refractivity contribution in [3.8, 4) is 0 Å². The van der Waals surface area contributed by atoms with Crippen molar-refractivity contribution < 1.29 is 4.74 Å². The molecule has 0 radical (unpaired) electrons. The number of hydrogen-bond donors (Lipinski definition) is 3. The highest BCUT2D eigenvalue weighted by Crippen LogP contribution is 2.36. The molecule has 0 aromatic carbocycles. The molecule has 1 saturated carbocycles. The van der Waals surface area contributed by atoms with Gasteiger partial charge in [0.05, 0.1) is 6.20 Å². The first-order valence-corrected chi connectivity index (χ1v) is 10.9. The maximum atomic E-state index is 5.50. The number of hydrogen-bond acceptors (Lipinski definition) is 6. The summed E-state index contributed by atoms with van der Waals surface area (Å²) in [5.41, 5.74) is 2.17. The molecule has 3 N–H and O–H groups in total. The Hall–Kier alpha value is -1.86. The van der Waals surface area contributed by atoms with Crippen molar-refractivity contribution in [1.82, 2.24) is 19.9 Å². The normalized spacial score (nSPS) is 28.2. The lowest BCUT2D eigenvalue weighted by molar-refractivity contribution is 0.0904. The van der Waals surface area contributed by atoms with E-state index in [0.29, 0.717) is 18.0 Å². The number of ether oxygens (including phenoxy) is 1. The van der Waals surface area contributed by atoms with Gasteiger partial charge in [-0.2, -0.15) is 9.61 Å². The van der Waals surface area contributed by atoms with Gasteiger partial charge >= 0.3 is 0 Å². The number of nitrogens with one attached hydrogen (secondary N) is 3. The van der Waals surface area contributed by atoms with Crippen molar-refractivity contribution >= 4 is 17.3 Å². The number of aromatic nitrogens is 3. The summed E-state index contributed by atoms with van der Waals surface area (Å²) >= 11 is 0. The minimum atomic E-state index is 0.396. The quantitative estimate of drug-likeness (QED) is 0.736. The van der Waals surface area contributed by atoms with E-state index in [2.05, 4.69) is 41.0 Å². The Kier molecular flexibility index (Phi) is 4.88. The minimum Gasteiger partial charge on any atom is -0.381 e. The number of nitrogens with zero attached hydrogens (tertiary/aromatic N) is 3. The molecule has 4 heterocycles. The molecule has 3 aliphatic rings. The predicted molar refractivity (Wildman–Crippen MR) is 111 cm³/mol. The third kappa shape index (κ3) is 3.46. The van der Waals surface area contributed by atoms with Crippen LogP contribution in [0.25, 0.3) is 5.65 Å². The zero-order chi connectivity index (χ0) is 19.1. The number of anilines is 2. The third-order valence-electron chi connectivity index (χ3n) is 6.70. The second kappa shape index (κ2) is 7.52. The van der Waals surface area contributed by atoms with Crippen molar-refractivity contribution in [1.29, 1.82) is 0 Å². The van der Waals surface area contributed by atoms with E-state index in [1.165, 1.54) is 31.5 Å². The number of rotatable bonds is 5. The topological polar surface area (TPSA) is 75.5 Å². The maximum absolute atomic E-state index is 5.50. The van der Waals surface area contributed by atoms with E-state index in [1.54, 1.807) is 0 Å². The molecule has 5 rings (SSSR count). The molecular weight excluding hydrogens is 352 g/mol. The van der Waals surface area contributed by atoms with Crippen molar-refractivity contribution in [3.63, 3.8) is 0 Å². The summed E-state index contributed by atoms with van der Waals surface area (Å²) in [5.74, 6) is 4.04. The van der Waals surface area contributed by atoms with Gasteiger partial charge in [0, 0.05) is 36.9 Å². The Morgan fingerprint density at radius 1 is 1.11 bits per heavy atom. The monoisotopic (exact) mass is 384 g/mol. The van der Waals surface area contributed by atoms with Crippen molar-refractivity contribution in [2.45, 2.75) is 57.5 Å². The van der Waals surface area contributed by atoms with Gasteiger partial charge < -0.3 is 20.7 Å². The molecule has 7 nitrogen and oxygen atoms in total. The molecule has 0 amide bonds. The van der Waals surface area contributed by atoms with Gasteiger partial charge in [-0.1, -0.05) is 13.8 Å². The Morgan fingerprint density at radius 3 is 2.57 bits per heavy atom. The van der Waals surface area contributed by atoms with Crippen LogP contribution in [0, 0.1) is 11.8 Å². The molecular formula is C21H32N6O. The van der Waals surface area contributed by atoms with E-state index in [1.807, 2.05) is 10.7 Å². The smallest absolute Gasteiger partial charge is 0.163 e. The fourth-order valence-electron chi connectivity index (χ4n) is 5.11. The summed E-state index contributed by atoms with van der Waals surface area (Å²) in [6, 6.07) is 3.09. The van der Waals surface area contributed by atoms with Crippen LogP contribution in [0.2, 0.25) is 0 Å². The summed E-state index contributed by atoms with van der Waals surface area (Å²) in [6.45, 7) is 8.40. The Morgan fingerprint density at radius 2 is 1.86 bits per heavy atom. The van der Waals surface area contributed by atoms with Gasteiger partial charge in [0.1, 0.15) is 11.6 Å². The fourth-order valence-corrected chi connectivity index (χ4v) is 5.11. The Balaban J connectivity index is 1.44. The molecule has 1 aliphatic carbocycles. The summed E-state index contributed by atoms with van der Waals surface area (Å²) in [5, 5.41) is 15.7. The van der Waals surface area contributed by atoms with Crippen LogP contribution in [0.5, 0.6) is 0 Å². The zero-order valence-corrected chi connectivity index (χ0v) is 16.9. The summed E-state index contributed by atoms with van der Waals surface area (Å²) in [4.78, 5) is 4.94. The van der Waals surface area contributed by atoms with Gasteiger partial charge in [-0.15, -0.1) is 0 Å². The van der Waals surface area contributed by atoms with Gasteiger partial charge in [-0.05, 0) is 56.5 Å².